The lowest BCUT2D eigenvalue weighted by atomic mass is 10.1. The topological polar surface area (TPSA) is 38.0 Å². The molecule has 0 aliphatic carbocycles. The highest BCUT2D eigenvalue weighted by Crippen LogP contribution is 2.30. The third-order valence-corrected chi connectivity index (χ3v) is 1.91. The molecule has 0 heterocycles. The molecule has 0 aliphatic rings. The number of anilines is 1. The van der Waals surface area contributed by atoms with Crippen LogP contribution in [-0.2, 0) is 0 Å². The number of hydrogen-bond acceptors (Lipinski definition) is 2. The van der Waals surface area contributed by atoms with Gasteiger partial charge in [-0.05, 0) is 17.7 Å². The van der Waals surface area contributed by atoms with Crippen molar-refractivity contribution in [2.75, 3.05) is 12.4 Å². The Hall–Kier alpha value is -1.23. The summed E-state index contributed by atoms with van der Waals surface area (Å²) in [5.41, 5.74) is 5.84. The van der Waals surface area contributed by atoms with Crippen molar-refractivity contribution in [1.82, 2.24) is 0 Å². The van der Waals surface area contributed by atoms with E-state index in [1.54, 1.807) is 19.2 Å². The number of hydrogen-bond donors (Lipinski definition) is 2. The zero-order chi connectivity index (χ0) is 10.8. The second-order valence-corrected chi connectivity index (χ2v) is 2.89. The molecule has 3 N–H and O–H groups in total. The van der Waals surface area contributed by atoms with Crippen LogP contribution in [0.1, 0.15) is 11.6 Å². The average Bonchev–Trinajstić information content (AvgIpc) is 2.15. The Kier molecular flexibility index (Phi) is 3.00. The van der Waals surface area contributed by atoms with Crippen molar-refractivity contribution in [3.63, 3.8) is 0 Å². The molecule has 0 fully saturated rings. The van der Waals surface area contributed by atoms with Crippen molar-refractivity contribution in [2.24, 2.45) is 5.73 Å². The predicted octanol–water partition coefficient (Wildman–Crippen LogP) is 2.29. The van der Waals surface area contributed by atoms with E-state index < -0.39 is 12.2 Å². The van der Waals surface area contributed by atoms with Crippen LogP contribution in [0.5, 0.6) is 0 Å². The van der Waals surface area contributed by atoms with Crippen LogP contribution in [0, 0.1) is 0 Å². The first-order chi connectivity index (χ1) is 6.45. The van der Waals surface area contributed by atoms with Gasteiger partial charge >= 0.3 is 6.18 Å². The fraction of sp³-hybridized carbons (Fsp3) is 0.333. The zero-order valence-corrected chi connectivity index (χ0v) is 7.60. The highest BCUT2D eigenvalue weighted by atomic mass is 19.4. The minimum atomic E-state index is -4.39. The molecular formula is C9H11F3N2. The number of halogens is 3. The summed E-state index contributed by atoms with van der Waals surface area (Å²) < 4.78 is 36.5. The molecule has 0 spiro atoms. The third-order valence-electron chi connectivity index (χ3n) is 1.91. The summed E-state index contributed by atoms with van der Waals surface area (Å²) in [6, 6.07) is 3.93. The molecule has 0 unspecified atom stereocenters. The molecule has 0 aliphatic heterocycles. The minimum absolute atomic E-state index is 0.0662. The quantitative estimate of drug-likeness (QED) is 0.775. The van der Waals surface area contributed by atoms with Gasteiger partial charge in [-0.15, -0.1) is 0 Å². The maximum absolute atomic E-state index is 12.2. The van der Waals surface area contributed by atoms with E-state index >= 15 is 0 Å². The van der Waals surface area contributed by atoms with Crippen molar-refractivity contribution in [1.29, 1.82) is 0 Å². The van der Waals surface area contributed by atoms with E-state index in [0.717, 1.165) is 5.69 Å². The summed E-state index contributed by atoms with van der Waals surface area (Å²) in [5, 5.41) is 2.81. The second-order valence-electron chi connectivity index (χ2n) is 2.89. The van der Waals surface area contributed by atoms with Gasteiger partial charge in [0.1, 0.15) is 6.04 Å². The second kappa shape index (κ2) is 3.88. The van der Waals surface area contributed by atoms with Gasteiger partial charge in [-0.2, -0.15) is 13.2 Å². The molecule has 0 amide bonds. The molecule has 1 rings (SSSR count). The van der Waals surface area contributed by atoms with Gasteiger partial charge in [0, 0.05) is 12.7 Å². The molecule has 14 heavy (non-hydrogen) atoms. The fourth-order valence-corrected chi connectivity index (χ4v) is 1.05. The molecule has 5 heteroatoms. The van der Waals surface area contributed by atoms with Crippen LogP contribution >= 0.6 is 0 Å². The summed E-state index contributed by atoms with van der Waals surface area (Å²) in [5.74, 6) is 0. The molecule has 0 bridgehead atoms. The van der Waals surface area contributed by atoms with Gasteiger partial charge in [0.05, 0.1) is 0 Å². The van der Waals surface area contributed by atoms with Crippen molar-refractivity contribution in [3.8, 4) is 0 Å². The molecule has 0 saturated heterocycles. The standard InChI is InChI=1S/C9H11F3N2/c1-14-7-4-2-6(3-5-7)8(13)9(10,11)12/h2-5,8,14H,13H2,1H3/t8-/m1/s1. The molecule has 0 saturated carbocycles. The number of rotatable bonds is 2. The SMILES string of the molecule is CNc1ccc([C@@H](N)C(F)(F)F)cc1. The van der Waals surface area contributed by atoms with Gasteiger partial charge < -0.3 is 11.1 Å². The van der Waals surface area contributed by atoms with Gasteiger partial charge in [0.15, 0.2) is 0 Å². The van der Waals surface area contributed by atoms with Gasteiger partial charge in [-0.3, -0.25) is 0 Å². The van der Waals surface area contributed by atoms with Gasteiger partial charge in [-0.1, -0.05) is 12.1 Å². The third kappa shape index (κ3) is 2.38. The van der Waals surface area contributed by atoms with Crippen molar-refractivity contribution >= 4 is 5.69 Å². The minimum Gasteiger partial charge on any atom is -0.388 e. The number of benzene rings is 1. The van der Waals surface area contributed by atoms with E-state index in [4.69, 9.17) is 5.73 Å². The molecule has 1 aromatic carbocycles. The summed E-state index contributed by atoms with van der Waals surface area (Å²) in [4.78, 5) is 0. The summed E-state index contributed by atoms with van der Waals surface area (Å²) in [6.07, 6.45) is -4.39. The first kappa shape index (κ1) is 10.8. The maximum atomic E-state index is 12.2. The molecule has 0 aromatic heterocycles. The molecule has 2 nitrogen and oxygen atoms in total. The van der Waals surface area contributed by atoms with Crippen LogP contribution in [0.4, 0.5) is 18.9 Å². The molecule has 1 atom stereocenters. The normalized spacial score (nSPS) is 13.8. The van der Waals surface area contributed by atoms with E-state index in [2.05, 4.69) is 5.32 Å². The van der Waals surface area contributed by atoms with Crippen molar-refractivity contribution < 1.29 is 13.2 Å². The van der Waals surface area contributed by atoms with Crippen LogP contribution in [0.2, 0.25) is 0 Å². The average molecular weight is 204 g/mol. The van der Waals surface area contributed by atoms with Crippen LogP contribution in [-0.4, -0.2) is 13.2 Å². The highest BCUT2D eigenvalue weighted by molar-refractivity contribution is 5.44. The van der Waals surface area contributed by atoms with Crippen LogP contribution in [0.15, 0.2) is 24.3 Å². The first-order valence-corrected chi connectivity index (χ1v) is 4.05. The largest absolute Gasteiger partial charge is 0.407 e. The van der Waals surface area contributed by atoms with E-state index in [9.17, 15) is 13.2 Å². The van der Waals surface area contributed by atoms with Crippen LogP contribution < -0.4 is 11.1 Å². The lowest BCUT2D eigenvalue weighted by molar-refractivity contribution is -0.149. The molecular weight excluding hydrogens is 193 g/mol. The Morgan fingerprint density at radius 2 is 1.71 bits per heavy atom. The molecule has 1 aromatic rings. The lowest BCUT2D eigenvalue weighted by Crippen LogP contribution is -2.28. The summed E-state index contributed by atoms with van der Waals surface area (Å²) >= 11 is 0. The van der Waals surface area contributed by atoms with Crippen molar-refractivity contribution in [3.05, 3.63) is 29.8 Å². The monoisotopic (exact) mass is 204 g/mol. The molecule has 78 valence electrons. The zero-order valence-electron chi connectivity index (χ0n) is 7.60. The fourth-order valence-electron chi connectivity index (χ4n) is 1.05. The maximum Gasteiger partial charge on any atom is 0.407 e. The van der Waals surface area contributed by atoms with Gasteiger partial charge in [-0.25, -0.2) is 0 Å². The van der Waals surface area contributed by atoms with Crippen LogP contribution in [0.3, 0.4) is 0 Å². The summed E-state index contributed by atoms with van der Waals surface area (Å²) in [6.45, 7) is 0. The van der Waals surface area contributed by atoms with E-state index in [1.165, 1.54) is 12.1 Å². The van der Waals surface area contributed by atoms with Gasteiger partial charge in [0.2, 0.25) is 0 Å². The van der Waals surface area contributed by atoms with E-state index in [0.29, 0.717) is 0 Å². The van der Waals surface area contributed by atoms with Crippen LogP contribution in [0.25, 0.3) is 0 Å². The number of nitrogens with two attached hydrogens (primary N) is 1. The smallest absolute Gasteiger partial charge is 0.388 e. The Labute approximate surface area is 79.9 Å². The van der Waals surface area contributed by atoms with E-state index in [1.807, 2.05) is 0 Å². The first-order valence-electron chi connectivity index (χ1n) is 4.05. The Balaban J connectivity index is 2.87. The number of nitrogens with one attached hydrogen (secondary N) is 1. The Morgan fingerprint density at radius 1 is 1.21 bits per heavy atom. The Morgan fingerprint density at radius 3 is 2.07 bits per heavy atom. The Bertz CT molecular complexity index is 292. The lowest BCUT2D eigenvalue weighted by Gasteiger charge is -2.15. The predicted molar refractivity (Wildman–Crippen MR) is 49.0 cm³/mol. The number of alkyl halides is 3. The highest BCUT2D eigenvalue weighted by Gasteiger charge is 2.37. The van der Waals surface area contributed by atoms with E-state index in [-0.39, 0.29) is 5.56 Å². The summed E-state index contributed by atoms with van der Waals surface area (Å²) in [7, 11) is 1.69. The van der Waals surface area contributed by atoms with Gasteiger partial charge in [0.25, 0.3) is 0 Å². The van der Waals surface area contributed by atoms with Crippen molar-refractivity contribution in [2.45, 2.75) is 12.2 Å². The molecule has 0 radical (unpaired) electrons.